The van der Waals surface area contributed by atoms with Crippen molar-refractivity contribution in [1.82, 2.24) is 10.6 Å². The van der Waals surface area contributed by atoms with Crippen molar-refractivity contribution in [3.63, 3.8) is 0 Å². The van der Waals surface area contributed by atoms with E-state index in [1.54, 1.807) is 0 Å². The molecule has 0 radical (unpaired) electrons. The summed E-state index contributed by atoms with van der Waals surface area (Å²) in [4.78, 5) is 34.8. The molecule has 0 aliphatic heterocycles. The van der Waals surface area contributed by atoms with Crippen LogP contribution in [0.1, 0.15) is 51.9 Å². The molecule has 0 heterocycles. The molecule has 0 spiro atoms. The molecule has 2 saturated carbocycles. The van der Waals surface area contributed by atoms with Gasteiger partial charge in [-0.15, -0.1) is 0 Å². The van der Waals surface area contributed by atoms with Crippen molar-refractivity contribution in [3.05, 3.63) is 0 Å². The van der Waals surface area contributed by atoms with Crippen LogP contribution in [0.25, 0.3) is 0 Å². The van der Waals surface area contributed by atoms with Gasteiger partial charge in [0.05, 0.1) is 5.92 Å². The molecule has 2 fully saturated rings. The highest BCUT2D eigenvalue weighted by molar-refractivity contribution is 5.97. The van der Waals surface area contributed by atoms with Gasteiger partial charge in [0.1, 0.15) is 0 Å². The van der Waals surface area contributed by atoms with Crippen molar-refractivity contribution in [3.8, 4) is 0 Å². The molecule has 1 atom stereocenters. The molecule has 6 nitrogen and oxygen atoms in total. The Labute approximate surface area is 118 Å². The zero-order valence-corrected chi connectivity index (χ0v) is 11.8. The Bertz CT molecular complexity index is 387. The molecule has 20 heavy (non-hydrogen) atoms. The second-order valence-electron chi connectivity index (χ2n) is 5.65. The minimum atomic E-state index is -0.930. The SMILES string of the molecule is C[C@H](OC(=O)C1CC1)C(=O)NC(=O)NC1CCCCC1. The van der Waals surface area contributed by atoms with Gasteiger partial charge in [0, 0.05) is 6.04 Å². The molecule has 0 aromatic carbocycles. The van der Waals surface area contributed by atoms with Gasteiger partial charge in [-0.25, -0.2) is 4.79 Å². The first kappa shape index (κ1) is 14.8. The standard InChI is InChI=1S/C14H22N2O4/c1-9(20-13(18)10-7-8-10)12(17)16-14(19)15-11-5-3-2-4-6-11/h9-11H,2-8H2,1H3,(H2,15,16,17,19)/t9-/m0/s1. The summed E-state index contributed by atoms with van der Waals surface area (Å²) >= 11 is 0. The van der Waals surface area contributed by atoms with Crippen molar-refractivity contribution in [2.45, 2.75) is 64.0 Å². The number of carbonyl (C=O) groups excluding carboxylic acids is 3. The lowest BCUT2D eigenvalue weighted by atomic mass is 9.96. The highest BCUT2D eigenvalue weighted by Crippen LogP contribution is 2.30. The van der Waals surface area contributed by atoms with Crippen molar-refractivity contribution >= 4 is 17.9 Å². The maximum Gasteiger partial charge on any atom is 0.321 e. The number of hydrogen-bond acceptors (Lipinski definition) is 4. The molecule has 112 valence electrons. The summed E-state index contributed by atoms with van der Waals surface area (Å²) in [6, 6.07) is -0.364. The summed E-state index contributed by atoms with van der Waals surface area (Å²) in [5.74, 6) is -0.978. The largest absolute Gasteiger partial charge is 0.452 e. The van der Waals surface area contributed by atoms with Crippen LogP contribution in [-0.2, 0) is 14.3 Å². The van der Waals surface area contributed by atoms with Crippen LogP contribution in [-0.4, -0.2) is 30.1 Å². The van der Waals surface area contributed by atoms with Crippen LogP contribution in [0.15, 0.2) is 0 Å². The van der Waals surface area contributed by atoms with Crippen LogP contribution < -0.4 is 10.6 Å². The summed E-state index contributed by atoms with van der Waals surface area (Å²) < 4.78 is 5.00. The number of rotatable bonds is 4. The average Bonchev–Trinajstić information content (AvgIpc) is 3.23. The minimum Gasteiger partial charge on any atom is -0.452 e. The van der Waals surface area contributed by atoms with E-state index in [1.807, 2.05) is 0 Å². The number of imide groups is 1. The second-order valence-corrected chi connectivity index (χ2v) is 5.65. The zero-order chi connectivity index (χ0) is 14.5. The van der Waals surface area contributed by atoms with Gasteiger partial charge in [-0.1, -0.05) is 19.3 Å². The Morgan fingerprint density at radius 2 is 1.70 bits per heavy atom. The fourth-order valence-electron chi connectivity index (χ4n) is 2.32. The molecule has 3 amide bonds. The lowest BCUT2D eigenvalue weighted by Crippen LogP contribution is -2.48. The topological polar surface area (TPSA) is 84.5 Å². The van der Waals surface area contributed by atoms with Gasteiger partial charge in [-0.2, -0.15) is 0 Å². The van der Waals surface area contributed by atoms with E-state index in [-0.39, 0.29) is 17.9 Å². The molecular formula is C14H22N2O4. The van der Waals surface area contributed by atoms with E-state index in [1.165, 1.54) is 13.3 Å². The highest BCUT2D eigenvalue weighted by atomic mass is 16.5. The van der Waals surface area contributed by atoms with Crippen molar-refractivity contribution in [2.75, 3.05) is 0 Å². The first-order valence-electron chi connectivity index (χ1n) is 7.38. The van der Waals surface area contributed by atoms with Crippen LogP contribution in [0.5, 0.6) is 0 Å². The van der Waals surface area contributed by atoms with Gasteiger partial charge < -0.3 is 10.1 Å². The second kappa shape index (κ2) is 6.72. The Kier molecular flexibility index (Phi) is 4.98. The molecule has 0 unspecified atom stereocenters. The third kappa shape index (κ3) is 4.51. The smallest absolute Gasteiger partial charge is 0.321 e. The van der Waals surface area contributed by atoms with Crippen LogP contribution in [0, 0.1) is 5.92 Å². The molecule has 2 N–H and O–H groups in total. The van der Waals surface area contributed by atoms with E-state index in [0.717, 1.165) is 38.5 Å². The number of esters is 1. The molecule has 0 saturated heterocycles. The number of amides is 3. The number of urea groups is 1. The van der Waals surface area contributed by atoms with E-state index in [2.05, 4.69) is 10.6 Å². The van der Waals surface area contributed by atoms with Gasteiger partial charge in [-0.05, 0) is 32.6 Å². The molecule has 2 aliphatic rings. The molecular weight excluding hydrogens is 260 g/mol. The van der Waals surface area contributed by atoms with Crippen molar-refractivity contribution in [2.24, 2.45) is 5.92 Å². The Morgan fingerprint density at radius 1 is 1.05 bits per heavy atom. The van der Waals surface area contributed by atoms with Gasteiger partial charge in [0.2, 0.25) is 0 Å². The molecule has 0 bridgehead atoms. The van der Waals surface area contributed by atoms with E-state index < -0.39 is 18.0 Å². The van der Waals surface area contributed by atoms with Crippen molar-refractivity contribution < 1.29 is 19.1 Å². The fourth-order valence-corrected chi connectivity index (χ4v) is 2.32. The molecule has 2 rings (SSSR count). The monoisotopic (exact) mass is 282 g/mol. The maximum absolute atomic E-state index is 11.7. The van der Waals surface area contributed by atoms with Gasteiger partial charge in [0.15, 0.2) is 6.10 Å². The average molecular weight is 282 g/mol. The first-order chi connectivity index (χ1) is 9.56. The minimum absolute atomic E-state index is 0.0543. The van der Waals surface area contributed by atoms with E-state index >= 15 is 0 Å². The predicted octanol–water partition coefficient (Wildman–Crippen LogP) is 1.49. The summed E-state index contributed by atoms with van der Waals surface area (Å²) in [5.41, 5.74) is 0. The van der Waals surface area contributed by atoms with Gasteiger partial charge in [-0.3, -0.25) is 14.9 Å². The summed E-state index contributed by atoms with van der Waals surface area (Å²) in [5, 5.41) is 5.01. The van der Waals surface area contributed by atoms with E-state index in [4.69, 9.17) is 4.74 Å². The number of ether oxygens (including phenoxy) is 1. The van der Waals surface area contributed by atoms with Crippen LogP contribution >= 0.6 is 0 Å². The quantitative estimate of drug-likeness (QED) is 0.765. The van der Waals surface area contributed by atoms with Crippen LogP contribution in [0.4, 0.5) is 4.79 Å². The highest BCUT2D eigenvalue weighted by Gasteiger charge is 2.33. The van der Waals surface area contributed by atoms with Gasteiger partial charge in [0.25, 0.3) is 5.91 Å². The number of nitrogens with one attached hydrogen (secondary N) is 2. The molecule has 6 heteroatoms. The molecule has 0 aromatic heterocycles. The maximum atomic E-state index is 11.7. The van der Waals surface area contributed by atoms with Crippen LogP contribution in [0.3, 0.4) is 0 Å². The summed E-state index contributed by atoms with van der Waals surface area (Å²) in [6.45, 7) is 1.48. The number of carbonyl (C=O) groups is 3. The predicted molar refractivity (Wildman–Crippen MR) is 71.8 cm³/mol. The summed E-state index contributed by atoms with van der Waals surface area (Å²) in [7, 11) is 0. The van der Waals surface area contributed by atoms with Gasteiger partial charge >= 0.3 is 12.0 Å². The number of hydrogen-bond donors (Lipinski definition) is 2. The van der Waals surface area contributed by atoms with E-state index in [9.17, 15) is 14.4 Å². The lowest BCUT2D eigenvalue weighted by Gasteiger charge is -2.23. The van der Waals surface area contributed by atoms with Crippen LogP contribution in [0.2, 0.25) is 0 Å². The molecule has 0 aromatic rings. The first-order valence-corrected chi connectivity index (χ1v) is 7.38. The van der Waals surface area contributed by atoms with Crippen molar-refractivity contribution in [1.29, 1.82) is 0 Å². The third-order valence-corrected chi connectivity index (χ3v) is 3.75. The Balaban J connectivity index is 1.69. The Morgan fingerprint density at radius 3 is 2.30 bits per heavy atom. The Hall–Kier alpha value is -1.59. The summed E-state index contributed by atoms with van der Waals surface area (Å²) in [6.07, 6.45) is 6.04. The van der Waals surface area contributed by atoms with E-state index in [0.29, 0.717) is 0 Å². The normalized spacial score (nSPS) is 20.9. The fraction of sp³-hybridized carbons (Fsp3) is 0.786. The third-order valence-electron chi connectivity index (χ3n) is 3.75. The molecule has 2 aliphatic carbocycles. The lowest BCUT2D eigenvalue weighted by molar-refractivity contribution is -0.155. The zero-order valence-electron chi connectivity index (χ0n) is 11.8.